The molecule has 160 valence electrons. The van der Waals surface area contributed by atoms with Gasteiger partial charge in [-0.1, -0.05) is 0 Å². The van der Waals surface area contributed by atoms with E-state index in [1.165, 1.54) is 4.57 Å². The Morgan fingerprint density at radius 3 is 3.06 bits per heavy atom. The Morgan fingerprint density at radius 2 is 2.26 bits per heavy atom. The number of oxazole rings is 1. The first kappa shape index (κ1) is 20.0. The number of thiophene rings is 1. The lowest BCUT2D eigenvalue weighted by Crippen LogP contribution is -2.47. The van der Waals surface area contributed by atoms with Crippen molar-refractivity contribution in [3.8, 4) is 16.5 Å². The molecule has 2 aromatic heterocycles. The maximum atomic E-state index is 12.6. The molecule has 0 saturated carbocycles. The molecule has 4 heterocycles. The minimum absolute atomic E-state index is 0.121. The van der Waals surface area contributed by atoms with Crippen LogP contribution in [0.2, 0.25) is 0 Å². The molecule has 3 aromatic rings. The summed E-state index contributed by atoms with van der Waals surface area (Å²) in [5.74, 6) is -0.133. The second-order valence-corrected chi connectivity index (χ2v) is 9.30. The number of aromatic nitrogens is 1. The zero-order valence-corrected chi connectivity index (χ0v) is 17.8. The van der Waals surface area contributed by atoms with Crippen molar-refractivity contribution in [2.24, 2.45) is 13.0 Å². The van der Waals surface area contributed by atoms with Gasteiger partial charge in [0, 0.05) is 35.2 Å². The standard InChI is InChI=1S/C22H22N4O4S/c1-26-18-7-12(2-4-19(18)30-22(26)28)20-5-3-15(31-20)8-14(9-23)24-21(27)16-6-13-10-29-11-17(13)25-16/h2-5,7,13-14,16-17,25H,6,8,10-11H2,1H3,(H,24,27)/t13-,14+,16+,17+/m1/s1. The minimum atomic E-state index is -0.588. The monoisotopic (exact) mass is 438 g/mol. The summed E-state index contributed by atoms with van der Waals surface area (Å²) in [5.41, 5.74) is 2.26. The number of hydrogen-bond acceptors (Lipinski definition) is 7. The van der Waals surface area contributed by atoms with Gasteiger partial charge in [-0.25, -0.2) is 4.79 Å². The van der Waals surface area contributed by atoms with Crippen LogP contribution < -0.4 is 16.4 Å². The number of nitrogens with zero attached hydrogens (tertiary/aromatic N) is 2. The lowest BCUT2D eigenvalue weighted by atomic mass is 10.0. The summed E-state index contributed by atoms with van der Waals surface area (Å²) in [6.07, 6.45) is 1.19. The Kier molecular flexibility index (Phi) is 5.14. The van der Waals surface area contributed by atoms with E-state index >= 15 is 0 Å². The first-order chi connectivity index (χ1) is 15.0. The maximum absolute atomic E-state index is 12.6. The predicted molar refractivity (Wildman–Crippen MR) is 116 cm³/mol. The molecule has 0 radical (unpaired) electrons. The van der Waals surface area contributed by atoms with Gasteiger partial charge in [-0.15, -0.1) is 11.3 Å². The molecular formula is C22H22N4O4S. The molecule has 0 unspecified atom stereocenters. The van der Waals surface area contributed by atoms with Gasteiger partial charge in [0.05, 0.1) is 30.8 Å². The zero-order valence-electron chi connectivity index (χ0n) is 17.0. The lowest BCUT2D eigenvalue weighted by Gasteiger charge is -2.16. The summed E-state index contributed by atoms with van der Waals surface area (Å²) in [5, 5.41) is 15.8. The van der Waals surface area contributed by atoms with Crippen LogP contribution in [0.4, 0.5) is 0 Å². The van der Waals surface area contributed by atoms with E-state index in [2.05, 4.69) is 16.7 Å². The van der Waals surface area contributed by atoms with Gasteiger partial charge < -0.3 is 19.8 Å². The van der Waals surface area contributed by atoms with Crippen molar-refractivity contribution in [3.05, 3.63) is 45.8 Å². The van der Waals surface area contributed by atoms with E-state index < -0.39 is 6.04 Å². The Balaban J connectivity index is 1.26. The number of carbonyl (C=O) groups is 1. The zero-order chi connectivity index (χ0) is 21.5. The van der Waals surface area contributed by atoms with Crippen LogP contribution in [0.3, 0.4) is 0 Å². The van der Waals surface area contributed by atoms with Crippen molar-refractivity contribution < 1.29 is 13.9 Å². The van der Waals surface area contributed by atoms with E-state index in [0.717, 1.165) is 27.3 Å². The number of nitrogens with one attached hydrogen (secondary N) is 2. The minimum Gasteiger partial charge on any atom is -0.408 e. The third kappa shape index (κ3) is 3.78. The Hall–Kier alpha value is -2.93. The molecule has 31 heavy (non-hydrogen) atoms. The van der Waals surface area contributed by atoms with Crippen molar-refractivity contribution in [2.45, 2.75) is 31.0 Å². The highest BCUT2D eigenvalue weighted by atomic mass is 32.1. The van der Waals surface area contributed by atoms with Gasteiger partial charge in [-0.2, -0.15) is 5.26 Å². The normalized spacial score (nSPS) is 23.5. The third-order valence-corrected chi connectivity index (χ3v) is 7.24. The fourth-order valence-electron chi connectivity index (χ4n) is 4.35. The molecule has 8 nitrogen and oxygen atoms in total. The smallest absolute Gasteiger partial charge is 0.408 e. The molecule has 2 aliphatic heterocycles. The Morgan fingerprint density at radius 1 is 1.39 bits per heavy atom. The molecule has 0 aliphatic carbocycles. The highest BCUT2D eigenvalue weighted by molar-refractivity contribution is 7.15. The molecule has 2 aliphatic rings. The molecule has 4 atom stereocenters. The highest BCUT2D eigenvalue weighted by Gasteiger charge is 2.40. The van der Waals surface area contributed by atoms with Crippen molar-refractivity contribution in [1.29, 1.82) is 5.26 Å². The number of benzene rings is 1. The molecule has 1 aromatic carbocycles. The molecule has 9 heteroatoms. The number of rotatable bonds is 5. The van der Waals surface area contributed by atoms with E-state index in [9.17, 15) is 14.9 Å². The van der Waals surface area contributed by atoms with Gasteiger partial charge in [0.25, 0.3) is 0 Å². The van der Waals surface area contributed by atoms with Crippen LogP contribution >= 0.6 is 11.3 Å². The predicted octanol–water partition coefficient (Wildman–Crippen LogP) is 1.79. The number of amides is 1. The molecule has 1 amide bonds. The summed E-state index contributed by atoms with van der Waals surface area (Å²) < 4.78 is 12.1. The topological polar surface area (TPSA) is 109 Å². The average Bonchev–Trinajstić information content (AvgIpc) is 3.52. The van der Waals surface area contributed by atoms with Crippen molar-refractivity contribution >= 4 is 28.3 Å². The Bertz CT molecular complexity index is 1220. The van der Waals surface area contributed by atoms with Gasteiger partial charge >= 0.3 is 5.76 Å². The van der Waals surface area contributed by atoms with Crippen molar-refractivity contribution in [2.75, 3.05) is 13.2 Å². The van der Waals surface area contributed by atoms with Crippen molar-refractivity contribution in [3.63, 3.8) is 0 Å². The average molecular weight is 439 g/mol. The number of ether oxygens (including phenoxy) is 1. The Labute approximate surface area is 182 Å². The van der Waals surface area contributed by atoms with Crippen LogP contribution in [0.25, 0.3) is 21.5 Å². The summed E-state index contributed by atoms with van der Waals surface area (Å²) in [4.78, 5) is 26.4. The molecule has 5 rings (SSSR count). The number of fused-ring (bicyclic) bond motifs is 2. The second-order valence-electron chi connectivity index (χ2n) is 8.13. The van der Waals surface area contributed by atoms with Crippen molar-refractivity contribution in [1.82, 2.24) is 15.2 Å². The molecule has 2 saturated heterocycles. The first-order valence-electron chi connectivity index (χ1n) is 10.2. The number of aryl methyl sites for hydroxylation is 1. The quantitative estimate of drug-likeness (QED) is 0.629. The second kappa shape index (κ2) is 7.96. The molecule has 2 fully saturated rings. The van der Waals surface area contributed by atoms with E-state index in [-0.39, 0.29) is 23.7 Å². The molecule has 0 bridgehead atoms. The molecular weight excluding hydrogens is 416 g/mol. The summed E-state index contributed by atoms with van der Waals surface area (Å²) in [6, 6.07) is 11.2. The number of nitriles is 1. The van der Waals surface area contributed by atoms with E-state index in [1.807, 2.05) is 24.3 Å². The van der Waals surface area contributed by atoms with Crippen LogP contribution in [0, 0.1) is 17.2 Å². The van der Waals surface area contributed by atoms with Gasteiger partial charge in [0.2, 0.25) is 5.91 Å². The van der Waals surface area contributed by atoms with Crippen LogP contribution in [-0.2, 0) is 23.0 Å². The largest absolute Gasteiger partial charge is 0.419 e. The SMILES string of the molecule is Cn1c(=O)oc2ccc(-c3ccc(C[C@@H](C#N)NC(=O)[C@@H]4C[C@@H]5COC[C@@H]5N4)s3)cc21. The van der Waals surface area contributed by atoms with Gasteiger partial charge in [-0.05, 0) is 42.3 Å². The first-order valence-corrected chi connectivity index (χ1v) is 11.1. The fraction of sp³-hybridized carbons (Fsp3) is 0.409. The van der Waals surface area contributed by atoms with Crippen LogP contribution in [0.1, 0.15) is 11.3 Å². The highest BCUT2D eigenvalue weighted by Crippen LogP contribution is 2.31. The van der Waals surface area contributed by atoms with Gasteiger partial charge in [0.1, 0.15) is 6.04 Å². The van der Waals surface area contributed by atoms with Crippen LogP contribution in [0.15, 0.2) is 39.5 Å². The fourth-order valence-corrected chi connectivity index (χ4v) is 5.40. The maximum Gasteiger partial charge on any atom is 0.419 e. The van der Waals surface area contributed by atoms with Gasteiger partial charge in [-0.3, -0.25) is 9.36 Å². The summed E-state index contributed by atoms with van der Waals surface area (Å²) >= 11 is 1.57. The van der Waals surface area contributed by atoms with E-state index in [0.29, 0.717) is 31.1 Å². The number of carbonyl (C=O) groups excluding carboxylic acids is 1. The third-order valence-electron chi connectivity index (χ3n) is 6.08. The van der Waals surface area contributed by atoms with E-state index in [1.54, 1.807) is 24.5 Å². The molecule has 2 N–H and O–H groups in total. The summed E-state index contributed by atoms with van der Waals surface area (Å²) in [7, 11) is 1.68. The van der Waals surface area contributed by atoms with Crippen LogP contribution in [-0.4, -0.2) is 41.8 Å². The molecule has 0 spiro atoms. The van der Waals surface area contributed by atoms with E-state index in [4.69, 9.17) is 9.15 Å². The van der Waals surface area contributed by atoms with Crippen LogP contribution in [0.5, 0.6) is 0 Å². The number of hydrogen-bond donors (Lipinski definition) is 2. The lowest BCUT2D eigenvalue weighted by molar-refractivity contribution is -0.123. The van der Waals surface area contributed by atoms with Gasteiger partial charge in [0.15, 0.2) is 5.58 Å². The summed E-state index contributed by atoms with van der Waals surface area (Å²) in [6.45, 7) is 1.34.